The minimum atomic E-state index is -4.39. The Balaban J connectivity index is 1.23. The number of nitrogens with zero attached hydrogens (tertiary/aromatic N) is 5. The predicted octanol–water partition coefficient (Wildman–Crippen LogP) is 7.28. The fraction of sp³-hybridized carbons (Fsp3) is 0.226. The van der Waals surface area contributed by atoms with Gasteiger partial charge in [0.25, 0.3) is 0 Å². The third kappa shape index (κ3) is 7.10. The van der Waals surface area contributed by atoms with Gasteiger partial charge in [-0.3, -0.25) is 9.99 Å². The second kappa shape index (κ2) is 12.6. The zero-order valence-corrected chi connectivity index (χ0v) is 25.6. The normalized spacial score (nSPS) is 13.0. The van der Waals surface area contributed by atoms with E-state index < -0.39 is 11.7 Å². The molecule has 0 radical (unpaired) electrons. The maximum Gasteiger partial charge on any atom is 0.416 e. The van der Waals surface area contributed by atoms with Crippen LogP contribution in [0.15, 0.2) is 89.6 Å². The van der Waals surface area contributed by atoms with Crippen LogP contribution < -0.4 is 15.7 Å². The molecule has 43 heavy (non-hydrogen) atoms. The Kier molecular flexibility index (Phi) is 8.90. The van der Waals surface area contributed by atoms with Crippen molar-refractivity contribution in [2.75, 3.05) is 0 Å². The zero-order valence-electron chi connectivity index (χ0n) is 23.9. The van der Waals surface area contributed by atoms with Gasteiger partial charge in [0.05, 0.1) is 16.9 Å². The Morgan fingerprint density at radius 3 is 2.40 bits per heavy atom. The summed E-state index contributed by atoms with van der Waals surface area (Å²) in [6.07, 6.45) is -0.906. The summed E-state index contributed by atoms with van der Waals surface area (Å²) in [4.78, 5) is 9.75. The van der Waals surface area contributed by atoms with Crippen LogP contribution >= 0.6 is 23.6 Å². The summed E-state index contributed by atoms with van der Waals surface area (Å²) in [5.74, 6) is 0.823. The van der Waals surface area contributed by atoms with Crippen molar-refractivity contribution in [2.24, 2.45) is 4.99 Å². The number of alkyl halides is 3. The third-order valence-corrected chi connectivity index (χ3v) is 7.82. The van der Waals surface area contributed by atoms with Gasteiger partial charge in [0.2, 0.25) is 5.11 Å². The van der Waals surface area contributed by atoms with E-state index in [0.29, 0.717) is 22.5 Å². The van der Waals surface area contributed by atoms with Gasteiger partial charge < -0.3 is 0 Å². The first-order valence-electron chi connectivity index (χ1n) is 13.6. The highest BCUT2D eigenvalue weighted by Gasteiger charge is 2.30. The van der Waals surface area contributed by atoms with E-state index in [9.17, 15) is 13.2 Å². The molecule has 2 aromatic heterocycles. The number of hydrogen-bond donors (Lipinski definition) is 2. The monoisotopic (exact) mass is 621 g/mol. The SMILES string of the molecule is Cc1ccc(C(C)C)c(-n2ccsc2=NC(=S)NNC(C)c2ccc(-c3ncn(-c4ccc(C(F)(F)F)cc4)n3)cc2)c1. The molecular weight excluding hydrogens is 592 g/mol. The molecule has 7 nitrogen and oxygen atoms in total. The number of hydrazine groups is 1. The fourth-order valence-electron chi connectivity index (χ4n) is 4.50. The van der Waals surface area contributed by atoms with Crippen LogP contribution in [0, 0.1) is 6.92 Å². The van der Waals surface area contributed by atoms with Gasteiger partial charge in [-0.2, -0.15) is 18.2 Å². The number of thiocarbonyl (C=S) groups is 1. The lowest BCUT2D eigenvalue weighted by atomic mass is 9.99. The molecule has 1 unspecified atom stereocenters. The number of hydrogen-bond acceptors (Lipinski definition) is 5. The van der Waals surface area contributed by atoms with Gasteiger partial charge in [-0.1, -0.05) is 50.2 Å². The highest BCUT2D eigenvalue weighted by molar-refractivity contribution is 7.80. The molecule has 0 amide bonds. The number of benzene rings is 3. The Morgan fingerprint density at radius 2 is 1.72 bits per heavy atom. The van der Waals surface area contributed by atoms with E-state index in [1.807, 2.05) is 42.8 Å². The number of thiazole rings is 1. The summed E-state index contributed by atoms with van der Waals surface area (Å²) in [6.45, 7) is 8.42. The van der Waals surface area contributed by atoms with Crippen molar-refractivity contribution in [3.8, 4) is 22.8 Å². The fourth-order valence-corrected chi connectivity index (χ4v) is 5.42. The molecule has 2 heterocycles. The quantitative estimate of drug-likeness (QED) is 0.148. The molecule has 5 rings (SSSR count). The number of nitrogens with one attached hydrogen (secondary N) is 2. The van der Waals surface area contributed by atoms with Crippen molar-refractivity contribution in [2.45, 2.75) is 45.8 Å². The van der Waals surface area contributed by atoms with Crippen LogP contribution in [0.5, 0.6) is 0 Å². The first-order chi connectivity index (χ1) is 20.5. The Labute approximate surface area is 256 Å². The van der Waals surface area contributed by atoms with Crippen LogP contribution in [0.3, 0.4) is 0 Å². The molecule has 0 aliphatic carbocycles. The van der Waals surface area contributed by atoms with Crippen molar-refractivity contribution in [3.63, 3.8) is 0 Å². The highest BCUT2D eigenvalue weighted by atomic mass is 32.1. The van der Waals surface area contributed by atoms with Crippen molar-refractivity contribution in [1.29, 1.82) is 0 Å². The van der Waals surface area contributed by atoms with E-state index in [-0.39, 0.29) is 6.04 Å². The van der Waals surface area contributed by atoms with Gasteiger partial charge in [0.1, 0.15) is 6.33 Å². The lowest BCUT2D eigenvalue weighted by Crippen LogP contribution is -2.38. The summed E-state index contributed by atoms with van der Waals surface area (Å²) >= 11 is 7.03. The van der Waals surface area contributed by atoms with Crippen LogP contribution in [0.2, 0.25) is 0 Å². The van der Waals surface area contributed by atoms with Crippen LogP contribution in [0.25, 0.3) is 22.8 Å². The molecule has 2 N–H and O–H groups in total. The van der Waals surface area contributed by atoms with Gasteiger partial charge >= 0.3 is 6.18 Å². The second-order valence-corrected chi connectivity index (χ2v) is 11.6. The van der Waals surface area contributed by atoms with Crippen LogP contribution in [-0.2, 0) is 6.18 Å². The largest absolute Gasteiger partial charge is 0.416 e. The molecule has 12 heteroatoms. The highest BCUT2D eigenvalue weighted by Crippen LogP contribution is 2.30. The van der Waals surface area contributed by atoms with E-state index >= 15 is 0 Å². The third-order valence-electron chi connectivity index (χ3n) is 6.87. The van der Waals surface area contributed by atoms with Crippen LogP contribution in [0.4, 0.5) is 13.2 Å². The number of aromatic nitrogens is 4. The smallest absolute Gasteiger partial charge is 0.296 e. The van der Waals surface area contributed by atoms with Crippen molar-refractivity contribution < 1.29 is 13.2 Å². The van der Waals surface area contributed by atoms with Crippen LogP contribution in [-0.4, -0.2) is 24.4 Å². The molecule has 0 aliphatic heterocycles. The first kappa shape index (κ1) is 30.3. The Hall–Kier alpha value is -4.13. The topological polar surface area (TPSA) is 72.1 Å². The molecule has 0 aliphatic rings. The molecule has 0 bridgehead atoms. The molecule has 3 aromatic carbocycles. The summed E-state index contributed by atoms with van der Waals surface area (Å²) in [5.41, 5.74) is 11.3. The Morgan fingerprint density at radius 1 is 1.00 bits per heavy atom. The number of rotatable bonds is 7. The summed E-state index contributed by atoms with van der Waals surface area (Å²) in [6, 6.07) is 18.8. The molecular formula is C31H30F3N7S2. The minimum Gasteiger partial charge on any atom is -0.296 e. The van der Waals surface area contributed by atoms with E-state index in [2.05, 4.69) is 69.5 Å². The summed E-state index contributed by atoms with van der Waals surface area (Å²) < 4.78 is 42.1. The Bertz CT molecular complexity index is 1780. The molecule has 0 fully saturated rings. The summed E-state index contributed by atoms with van der Waals surface area (Å²) in [5, 5.41) is 6.74. The molecule has 0 spiro atoms. The lowest BCUT2D eigenvalue weighted by molar-refractivity contribution is -0.137. The maximum absolute atomic E-state index is 12.9. The minimum absolute atomic E-state index is 0.0976. The molecule has 1 atom stereocenters. The predicted molar refractivity (Wildman–Crippen MR) is 167 cm³/mol. The molecule has 0 saturated carbocycles. The molecule has 5 aromatic rings. The van der Waals surface area contributed by atoms with Gasteiger partial charge in [-0.25, -0.2) is 15.1 Å². The van der Waals surface area contributed by atoms with E-state index in [0.717, 1.165) is 33.7 Å². The van der Waals surface area contributed by atoms with E-state index in [1.165, 1.54) is 45.6 Å². The van der Waals surface area contributed by atoms with Gasteiger partial charge in [0.15, 0.2) is 10.6 Å². The van der Waals surface area contributed by atoms with Crippen molar-refractivity contribution in [3.05, 3.63) is 112 Å². The molecule has 222 valence electrons. The lowest BCUT2D eigenvalue weighted by Gasteiger charge is -2.16. The van der Waals surface area contributed by atoms with Gasteiger partial charge in [0, 0.05) is 23.2 Å². The average molecular weight is 622 g/mol. The maximum atomic E-state index is 12.9. The summed E-state index contributed by atoms with van der Waals surface area (Å²) in [7, 11) is 0. The van der Waals surface area contributed by atoms with Crippen molar-refractivity contribution >= 4 is 28.7 Å². The van der Waals surface area contributed by atoms with Crippen molar-refractivity contribution in [1.82, 2.24) is 30.2 Å². The first-order valence-corrected chi connectivity index (χ1v) is 14.9. The van der Waals surface area contributed by atoms with E-state index in [4.69, 9.17) is 12.2 Å². The number of halogens is 3. The second-order valence-electron chi connectivity index (χ2n) is 10.4. The standard InChI is InChI=1S/C31H30F3N7S2/c1-19(2)26-14-5-20(3)17-27(26)40-15-16-43-30(40)36-29(42)38-37-21(4)22-6-8-23(9-7-22)28-35-18-41(39-28)25-12-10-24(11-13-25)31(32,33)34/h5-19,21,37H,1-4H3,(H,38,42). The van der Waals surface area contributed by atoms with Gasteiger partial charge in [-0.15, -0.1) is 16.4 Å². The molecule has 0 saturated heterocycles. The van der Waals surface area contributed by atoms with Gasteiger partial charge in [-0.05, 0) is 79.0 Å². The average Bonchev–Trinajstić information content (AvgIpc) is 3.66. The number of aryl methyl sites for hydroxylation is 1. The van der Waals surface area contributed by atoms with E-state index in [1.54, 1.807) is 0 Å². The zero-order chi connectivity index (χ0) is 30.7. The van der Waals surface area contributed by atoms with Crippen LogP contribution in [0.1, 0.15) is 55.0 Å².